The van der Waals surface area contributed by atoms with Gasteiger partial charge < -0.3 is 14.0 Å². The lowest BCUT2D eigenvalue weighted by Gasteiger charge is -2.03. The minimum Gasteiger partial charge on any atom is -0.497 e. The average molecular weight is 429 g/mol. The van der Waals surface area contributed by atoms with Crippen LogP contribution in [-0.2, 0) is 16.1 Å². The van der Waals surface area contributed by atoms with Gasteiger partial charge in [0.05, 0.1) is 29.7 Å². The van der Waals surface area contributed by atoms with Gasteiger partial charge in [0, 0.05) is 23.4 Å². The topological polar surface area (TPSA) is 79.4 Å². The first-order valence-corrected chi connectivity index (χ1v) is 10.1. The van der Waals surface area contributed by atoms with Crippen LogP contribution in [0.2, 0.25) is 0 Å². The van der Waals surface area contributed by atoms with Crippen molar-refractivity contribution in [2.45, 2.75) is 20.5 Å². The van der Waals surface area contributed by atoms with Crippen molar-refractivity contribution >= 4 is 12.0 Å². The second-order valence-corrected chi connectivity index (χ2v) is 7.19. The molecule has 0 bridgehead atoms. The summed E-state index contributed by atoms with van der Waals surface area (Å²) < 4.78 is 17.5. The number of aromatic nitrogens is 3. The Hall–Kier alpha value is -4.13. The monoisotopic (exact) mass is 429 g/mol. The maximum Gasteiger partial charge on any atom is 0.331 e. The number of carbonyl (C=O) groups is 1. The number of hydrogen-bond acceptors (Lipinski definition) is 6. The van der Waals surface area contributed by atoms with E-state index in [-0.39, 0.29) is 6.61 Å². The van der Waals surface area contributed by atoms with E-state index in [4.69, 9.17) is 19.1 Å². The molecule has 32 heavy (non-hydrogen) atoms. The number of benzene rings is 2. The average Bonchev–Trinajstić information content (AvgIpc) is 3.40. The highest BCUT2D eigenvalue weighted by atomic mass is 16.5. The SMILES string of the molecule is COc1ccc(-c2nn(-c3ccccc3)cc2/C=C/C(=O)OCc2c(C)noc2C)cc1. The van der Waals surface area contributed by atoms with Crippen LogP contribution < -0.4 is 4.74 Å². The molecule has 0 atom stereocenters. The standard InChI is InChI=1S/C25H23N3O4/c1-17-23(18(2)32-27-17)16-31-24(29)14-11-20-15-28(21-7-5-4-6-8-21)26-25(20)19-9-12-22(30-3)13-10-19/h4-15H,16H2,1-3H3/b14-11+. The first-order valence-electron chi connectivity index (χ1n) is 10.1. The van der Waals surface area contributed by atoms with E-state index in [1.54, 1.807) is 24.8 Å². The molecule has 7 heteroatoms. The fourth-order valence-corrected chi connectivity index (χ4v) is 3.25. The number of nitrogens with zero attached hydrogens (tertiary/aromatic N) is 3. The molecule has 0 aliphatic carbocycles. The zero-order valence-electron chi connectivity index (χ0n) is 18.1. The van der Waals surface area contributed by atoms with Crippen LogP contribution in [0.15, 0.2) is 71.4 Å². The highest BCUT2D eigenvalue weighted by molar-refractivity contribution is 5.88. The molecule has 162 valence electrons. The van der Waals surface area contributed by atoms with E-state index in [9.17, 15) is 4.79 Å². The summed E-state index contributed by atoms with van der Waals surface area (Å²) in [5, 5.41) is 8.62. The smallest absolute Gasteiger partial charge is 0.331 e. The van der Waals surface area contributed by atoms with Gasteiger partial charge in [-0.2, -0.15) is 5.10 Å². The maximum atomic E-state index is 12.3. The Morgan fingerprint density at radius 3 is 2.50 bits per heavy atom. The highest BCUT2D eigenvalue weighted by Gasteiger charge is 2.13. The van der Waals surface area contributed by atoms with Crippen LogP contribution in [-0.4, -0.2) is 28.0 Å². The summed E-state index contributed by atoms with van der Waals surface area (Å²) >= 11 is 0. The molecule has 0 aliphatic rings. The molecule has 0 radical (unpaired) electrons. The van der Waals surface area contributed by atoms with Crippen molar-refractivity contribution in [3.8, 4) is 22.7 Å². The van der Waals surface area contributed by atoms with Crippen LogP contribution >= 0.6 is 0 Å². The summed E-state index contributed by atoms with van der Waals surface area (Å²) in [6.07, 6.45) is 4.99. The maximum absolute atomic E-state index is 12.3. The lowest BCUT2D eigenvalue weighted by atomic mass is 10.1. The first-order chi connectivity index (χ1) is 15.5. The molecule has 7 nitrogen and oxygen atoms in total. The van der Waals surface area contributed by atoms with Crippen LogP contribution in [0, 0.1) is 13.8 Å². The second-order valence-electron chi connectivity index (χ2n) is 7.19. The van der Waals surface area contributed by atoms with E-state index in [0.717, 1.165) is 33.8 Å². The largest absolute Gasteiger partial charge is 0.497 e. The van der Waals surface area contributed by atoms with E-state index in [0.29, 0.717) is 11.5 Å². The Kier molecular flexibility index (Phi) is 6.17. The van der Waals surface area contributed by atoms with Crippen molar-refractivity contribution in [3.05, 3.63) is 89.5 Å². The number of carbonyl (C=O) groups excluding carboxylic acids is 1. The van der Waals surface area contributed by atoms with E-state index < -0.39 is 5.97 Å². The number of aryl methyl sites for hydroxylation is 2. The summed E-state index contributed by atoms with van der Waals surface area (Å²) in [5.41, 5.74) is 4.85. The van der Waals surface area contributed by atoms with Crippen LogP contribution in [0.3, 0.4) is 0 Å². The summed E-state index contributed by atoms with van der Waals surface area (Å²) in [7, 11) is 1.63. The van der Waals surface area contributed by atoms with Gasteiger partial charge in [-0.3, -0.25) is 0 Å². The second kappa shape index (κ2) is 9.34. The summed E-state index contributed by atoms with van der Waals surface area (Å²) in [6.45, 7) is 3.71. The summed E-state index contributed by atoms with van der Waals surface area (Å²) in [4.78, 5) is 12.3. The van der Waals surface area contributed by atoms with Crippen LogP contribution in [0.4, 0.5) is 0 Å². The van der Waals surface area contributed by atoms with Crippen molar-refractivity contribution in [2.75, 3.05) is 7.11 Å². The van der Waals surface area contributed by atoms with Gasteiger partial charge in [0.1, 0.15) is 18.1 Å². The van der Waals surface area contributed by atoms with Crippen molar-refractivity contribution in [1.29, 1.82) is 0 Å². The molecule has 0 N–H and O–H groups in total. The molecule has 2 aromatic carbocycles. The summed E-state index contributed by atoms with van der Waals surface area (Å²) in [5.74, 6) is 0.944. The third kappa shape index (κ3) is 4.62. The molecular weight excluding hydrogens is 406 g/mol. The van der Waals surface area contributed by atoms with E-state index in [1.165, 1.54) is 6.08 Å². The molecule has 2 aromatic heterocycles. The quantitative estimate of drug-likeness (QED) is 0.307. The normalized spacial score (nSPS) is 11.1. The van der Waals surface area contributed by atoms with Crippen molar-refractivity contribution < 1.29 is 18.8 Å². The molecule has 4 aromatic rings. The number of esters is 1. The number of rotatable bonds is 7. The van der Waals surface area contributed by atoms with Crippen LogP contribution in [0.1, 0.15) is 22.6 Å². The van der Waals surface area contributed by atoms with E-state index >= 15 is 0 Å². The minimum atomic E-state index is -0.460. The fourth-order valence-electron chi connectivity index (χ4n) is 3.25. The molecule has 0 saturated carbocycles. The van der Waals surface area contributed by atoms with Crippen LogP contribution in [0.5, 0.6) is 5.75 Å². The molecule has 4 rings (SSSR count). The van der Waals surface area contributed by atoms with Gasteiger partial charge in [-0.05, 0) is 56.3 Å². The lowest BCUT2D eigenvalue weighted by molar-refractivity contribution is -0.138. The molecule has 0 saturated heterocycles. The van der Waals surface area contributed by atoms with Gasteiger partial charge in [0.15, 0.2) is 0 Å². The molecular formula is C25H23N3O4. The third-order valence-electron chi connectivity index (χ3n) is 5.07. The molecule has 0 fully saturated rings. The molecule has 0 aliphatic heterocycles. The van der Waals surface area contributed by atoms with Crippen molar-refractivity contribution in [2.24, 2.45) is 0 Å². The molecule has 0 unspecified atom stereocenters. The van der Waals surface area contributed by atoms with Crippen molar-refractivity contribution in [3.63, 3.8) is 0 Å². The third-order valence-corrected chi connectivity index (χ3v) is 5.07. The van der Waals surface area contributed by atoms with Crippen LogP contribution in [0.25, 0.3) is 23.0 Å². The summed E-state index contributed by atoms with van der Waals surface area (Å²) in [6, 6.07) is 17.4. The molecule has 2 heterocycles. The fraction of sp³-hybridized carbons (Fsp3) is 0.160. The Balaban J connectivity index is 1.59. The Morgan fingerprint density at radius 1 is 1.09 bits per heavy atom. The van der Waals surface area contributed by atoms with E-state index in [1.807, 2.05) is 67.7 Å². The van der Waals surface area contributed by atoms with Gasteiger partial charge in [-0.25, -0.2) is 9.48 Å². The van der Waals surface area contributed by atoms with Gasteiger partial charge in [-0.1, -0.05) is 23.4 Å². The predicted octanol–water partition coefficient (Wildman–Crippen LogP) is 4.91. The van der Waals surface area contributed by atoms with E-state index in [2.05, 4.69) is 5.16 Å². The predicted molar refractivity (Wildman–Crippen MR) is 120 cm³/mol. The van der Waals surface area contributed by atoms with Gasteiger partial charge >= 0.3 is 5.97 Å². The van der Waals surface area contributed by atoms with Gasteiger partial charge in [0.25, 0.3) is 0 Å². The van der Waals surface area contributed by atoms with Crippen molar-refractivity contribution in [1.82, 2.24) is 14.9 Å². The Bertz CT molecular complexity index is 1220. The van der Waals surface area contributed by atoms with Gasteiger partial charge in [0.2, 0.25) is 0 Å². The highest BCUT2D eigenvalue weighted by Crippen LogP contribution is 2.27. The first kappa shape index (κ1) is 21.1. The number of ether oxygens (including phenoxy) is 2. The number of hydrogen-bond donors (Lipinski definition) is 0. The zero-order valence-corrected chi connectivity index (χ0v) is 18.1. The van der Waals surface area contributed by atoms with Gasteiger partial charge in [-0.15, -0.1) is 0 Å². The Labute approximate surface area is 185 Å². The minimum absolute atomic E-state index is 0.110. The lowest BCUT2D eigenvalue weighted by Crippen LogP contribution is -2.02. The number of para-hydroxylation sites is 1. The molecule has 0 amide bonds. The molecule has 0 spiro atoms. The zero-order chi connectivity index (χ0) is 22.5. The Morgan fingerprint density at radius 2 is 1.84 bits per heavy atom. The number of methoxy groups -OCH3 is 1.